The van der Waals surface area contributed by atoms with E-state index in [4.69, 9.17) is 17.3 Å². The van der Waals surface area contributed by atoms with Crippen molar-refractivity contribution < 1.29 is 14.3 Å². The van der Waals surface area contributed by atoms with Gasteiger partial charge in [-0.15, -0.1) is 11.3 Å². The van der Waals surface area contributed by atoms with Crippen molar-refractivity contribution in [2.75, 3.05) is 18.2 Å². The number of carbonyl (C=O) groups is 2. The Morgan fingerprint density at radius 2 is 2.10 bits per heavy atom. The second-order valence-electron chi connectivity index (χ2n) is 3.82. The van der Waals surface area contributed by atoms with Gasteiger partial charge >= 0.3 is 5.97 Å². The van der Waals surface area contributed by atoms with Crippen LogP contribution in [0.2, 0.25) is 5.02 Å². The van der Waals surface area contributed by atoms with Gasteiger partial charge in [0.1, 0.15) is 4.88 Å². The molecule has 0 aliphatic rings. The van der Waals surface area contributed by atoms with Gasteiger partial charge in [-0.1, -0.05) is 17.7 Å². The van der Waals surface area contributed by atoms with Gasteiger partial charge in [-0.25, -0.2) is 4.79 Å². The number of carbonyl (C=O) groups excluding carboxylic acids is 2. The number of hydrogen-bond acceptors (Lipinski definition) is 5. The zero-order valence-corrected chi connectivity index (χ0v) is 12.0. The summed E-state index contributed by atoms with van der Waals surface area (Å²) < 4.78 is 4.64. The number of methoxy groups -OCH3 is 1. The lowest BCUT2D eigenvalue weighted by Gasteiger charge is -2.08. The number of halogens is 1. The number of benzene rings is 1. The molecule has 5 nitrogen and oxygen atoms in total. The molecule has 0 radical (unpaired) electrons. The standard InChI is InChI=1S/C13H11ClN2O3S/c1-19-13(18)11-9(5-6-20-11)16-12(17)7-3-2-4-8(15)10(7)14/h2-6H,15H2,1H3,(H,16,17). The third kappa shape index (κ3) is 2.76. The number of nitrogens with two attached hydrogens (primary N) is 1. The molecule has 0 aliphatic heterocycles. The Bertz CT molecular complexity index is 669. The van der Waals surface area contributed by atoms with E-state index in [2.05, 4.69) is 10.1 Å². The number of nitrogens with one attached hydrogen (secondary N) is 1. The highest BCUT2D eigenvalue weighted by atomic mass is 35.5. The van der Waals surface area contributed by atoms with Crippen molar-refractivity contribution in [2.24, 2.45) is 0 Å². The number of ether oxygens (including phenoxy) is 1. The van der Waals surface area contributed by atoms with Gasteiger partial charge in [-0.3, -0.25) is 4.79 Å². The molecule has 0 fully saturated rings. The molecule has 0 bridgehead atoms. The van der Waals surface area contributed by atoms with Crippen molar-refractivity contribution in [2.45, 2.75) is 0 Å². The molecule has 2 rings (SSSR count). The molecule has 0 aliphatic carbocycles. The summed E-state index contributed by atoms with van der Waals surface area (Å²) in [7, 11) is 1.28. The molecule has 1 aromatic carbocycles. The van der Waals surface area contributed by atoms with Crippen LogP contribution >= 0.6 is 22.9 Å². The Morgan fingerprint density at radius 3 is 2.80 bits per heavy atom. The Morgan fingerprint density at radius 1 is 1.35 bits per heavy atom. The number of nitrogen functional groups attached to an aromatic ring is 1. The van der Waals surface area contributed by atoms with E-state index < -0.39 is 11.9 Å². The van der Waals surface area contributed by atoms with Crippen molar-refractivity contribution in [3.8, 4) is 0 Å². The van der Waals surface area contributed by atoms with Crippen LogP contribution in [0.5, 0.6) is 0 Å². The van der Waals surface area contributed by atoms with Crippen molar-refractivity contribution in [1.29, 1.82) is 0 Å². The summed E-state index contributed by atoms with van der Waals surface area (Å²) in [5.41, 5.74) is 6.59. The third-order valence-corrected chi connectivity index (χ3v) is 3.87. The topological polar surface area (TPSA) is 81.4 Å². The van der Waals surface area contributed by atoms with Gasteiger partial charge in [-0.05, 0) is 23.6 Å². The Kier molecular flexibility index (Phi) is 4.26. The normalized spacial score (nSPS) is 10.1. The van der Waals surface area contributed by atoms with Crippen molar-refractivity contribution in [3.63, 3.8) is 0 Å². The van der Waals surface area contributed by atoms with Crippen LogP contribution in [0.1, 0.15) is 20.0 Å². The first kappa shape index (κ1) is 14.4. The number of thiophene rings is 1. The first-order chi connectivity index (χ1) is 9.54. The highest BCUT2D eigenvalue weighted by molar-refractivity contribution is 7.12. The minimum atomic E-state index is -0.506. The Hall–Kier alpha value is -2.05. The predicted molar refractivity (Wildman–Crippen MR) is 79.5 cm³/mol. The van der Waals surface area contributed by atoms with E-state index in [0.717, 1.165) is 0 Å². The van der Waals surface area contributed by atoms with Crippen LogP contribution < -0.4 is 11.1 Å². The van der Waals surface area contributed by atoms with Gasteiger partial charge in [-0.2, -0.15) is 0 Å². The fraction of sp³-hybridized carbons (Fsp3) is 0.0769. The zero-order valence-electron chi connectivity index (χ0n) is 10.5. The molecule has 0 saturated carbocycles. The van der Waals surface area contributed by atoms with Crippen LogP contribution in [-0.2, 0) is 4.74 Å². The number of esters is 1. The second-order valence-corrected chi connectivity index (χ2v) is 5.11. The number of amides is 1. The molecular formula is C13H11ClN2O3S. The average molecular weight is 311 g/mol. The van der Waals surface area contributed by atoms with Gasteiger partial charge in [0.25, 0.3) is 5.91 Å². The van der Waals surface area contributed by atoms with Crippen molar-refractivity contribution in [1.82, 2.24) is 0 Å². The number of anilines is 2. The lowest BCUT2D eigenvalue weighted by atomic mass is 10.2. The highest BCUT2D eigenvalue weighted by Crippen LogP contribution is 2.27. The Balaban J connectivity index is 2.27. The van der Waals surface area contributed by atoms with Crippen LogP contribution in [-0.4, -0.2) is 19.0 Å². The smallest absolute Gasteiger partial charge is 0.350 e. The third-order valence-electron chi connectivity index (χ3n) is 2.56. The molecule has 20 heavy (non-hydrogen) atoms. The van der Waals surface area contributed by atoms with Crippen molar-refractivity contribution in [3.05, 3.63) is 45.1 Å². The monoisotopic (exact) mass is 310 g/mol. The van der Waals surface area contributed by atoms with E-state index in [-0.39, 0.29) is 10.6 Å². The largest absolute Gasteiger partial charge is 0.465 e. The summed E-state index contributed by atoms with van der Waals surface area (Å²) in [6.45, 7) is 0. The van der Waals surface area contributed by atoms with Gasteiger partial charge in [0.15, 0.2) is 0 Å². The lowest BCUT2D eigenvalue weighted by Crippen LogP contribution is -2.14. The molecular weight excluding hydrogens is 300 g/mol. The molecule has 0 atom stereocenters. The fourth-order valence-corrected chi connectivity index (χ4v) is 2.55. The summed E-state index contributed by atoms with van der Waals surface area (Å²) in [4.78, 5) is 24.0. The maximum Gasteiger partial charge on any atom is 0.350 e. The van der Waals surface area contributed by atoms with Gasteiger partial charge in [0, 0.05) is 0 Å². The lowest BCUT2D eigenvalue weighted by molar-refractivity contribution is 0.0607. The molecule has 1 heterocycles. The quantitative estimate of drug-likeness (QED) is 0.674. The molecule has 104 valence electrons. The van der Waals surface area contributed by atoms with Crippen LogP contribution in [0.25, 0.3) is 0 Å². The van der Waals surface area contributed by atoms with Gasteiger partial charge in [0.05, 0.1) is 29.1 Å². The first-order valence-electron chi connectivity index (χ1n) is 5.55. The van der Waals surface area contributed by atoms with Crippen LogP contribution in [0.3, 0.4) is 0 Å². The molecule has 0 spiro atoms. The van der Waals surface area contributed by atoms with E-state index in [9.17, 15) is 9.59 Å². The summed E-state index contributed by atoms with van der Waals surface area (Å²) in [5.74, 6) is -0.945. The van der Waals surface area contributed by atoms with Gasteiger partial charge < -0.3 is 15.8 Å². The van der Waals surface area contributed by atoms with Crippen LogP contribution in [0.15, 0.2) is 29.6 Å². The average Bonchev–Trinajstić information content (AvgIpc) is 2.89. The minimum absolute atomic E-state index is 0.180. The second kappa shape index (κ2) is 5.94. The molecule has 1 amide bonds. The fourth-order valence-electron chi connectivity index (χ4n) is 1.57. The van der Waals surface area contributed by atoms with E-state index in [1.54, 1.807) is 29.6 Å². The zero-order chi connectivity index (χ0) is 14.7. The predicted octanol–water partition coefficient (Wildman–Crippen LogP) is 3.02. The molecule has 0 saturated heterocycles. The molecule has 0 unspecified atom stereocenters. The van der Waals surface area contributed by atoms with Crippen LogP contribution in [0.4, 0.5) is 11.4 Å². The highest BCUT2D eigenvalue weighted by Gasteiger charge is 2.18. The maximum absolute atomic E-state index is 12.1. The SMILES string of the molecule is COC(=O)c1sccc1NC(=O)c1cccc(N)c1Cl. The molecule has 7 heteroatoms. The number of hydrogen-bond donors (Lipinski definition) is 2. The summed E-state index contributed by atoms with van der Waals surface area (Å²) in [5, 5.41) is 4.48. The van der Waals surface area contributed by atoms with E-state index in [1.165, 1.54) is 18.4 Å². The first-order valence-corrected chi connectivity index (χ1v) is 6.81. The summed E-state index contributed by atoms with van der Waals surface area (Å²) in [6.07, 6.45) is 0. The Labute approximate surface area is 124 Å². The van der Waals surface area contributed by atoms with E-state index in [0.29, 0.717) is 16.3 Å². The molecule has 1 aromatic heterocycles. The van der Waals surface area contributed by atoms with Crippen LogP contribution in [0, 0.1) is 0 Å². The summed E-state index contributed by atoms with van der Waals surface area (Å²) >= 11 is 7.16. The van der Waals surface area contributed by atoms with E-state index in [1.807, 2.05) is 0 Å². The van der Waals surface area contributed by atoms with Gasteiger partial charge in [0.2, 0.25) is 0 Å². The minimum Gasteiger partial charge on any atom is -0.465 e. The van der Waals surface area contributed by atoms with E-state index >= 15 is 0 Å². The molecule has 2 aromatic rings. The summed E-state index contributed by atoms with van der Waals surface area (Å²) in [6, 6.07) is 6.40. The molecule has 3 N–H and O–H groups in total. The van der Waals surface area contributed by atoms with Crippen molar-refractivity contribution >= 4 is 46.2 Å². The maximum atomic E-state index is 12.1. The number of rotatable bonds is 3.